The number of hydrazone groups is 1. The highest BCUT2D eigenvalue weighted by atomic mass is 35.5. The van der Waals surface area contributed by atoms with Crippen molar-refractivity contribution in [3.05, 3.63) is 58.5 Å². The van der Waals surface area contributed by atoms with Crippen molar-refractivity contribution in [3.63, 3.8) is 0 Å². The van der Waals surface area contributed by atoms with Crippen molar-refractivity contribution >= 4 is 23.7 Å². The zero-order chi connectivity index (χ0) is 19.4. The van der Waals surface area contributed by atoms with Crippen molar-refractivity contribution < 1.29 is 4.79 Å². The van der Waals surface area contributed by atoms with Gasteiger partial charge in [0.05, 0.1) is 23.2 Å². The molecule has 0 saturated carbocycles. The van der Waals surface area contributed by atoms with Crippen molar-refractivity contribution in [1.82, 2.24) is 25.4 Å². The molecule has 0 radical (unpaired) electrons. The summed E-state index contributed by atoms with van der Waals surface area (Å²) in [5, 5.41) is 15.8. The third-order valence-electron chi connectivity index (χ3n) is 3.90. The van der Waals surface area contributed by atoms with Crippen LogP contribution < -0.4 is 5.43 Å². The summed E-state index contributed by atoms with van der Waals surface area (Å²) in [6.07, 6.45) is 1.51. The highest BCUT2D eigenvalue weighted by molar-refractivity contribution is 6.32. The van der Waals surface area contributed by atoms with Crippen LogP contribution in [0.1, 0.15) is 35.6 Å². The van der Waals surface area contributed by atoms with E-state index in [-0.39, 0.29) is 5.91 Å². The van der Waals surface area contributed by atoms with Crippen LogP contribution in [0, 0.1) is 12.8 Å². The highest BCUT2D eigenvalue weighted by Gasteiger charge is 2.13. The molecule has 0 aliphatic rings. The molecule has 0 aliphatic heterocycles. The summed E-state index contributed by atoms with van der Waals surface area (Å²) in [7, 11) is 0. The van der Waals surface area contributed by atoms with E-state index >= 15 is 0 Å². The Balaban J connectivity index is 1.68. The third-order valence-corrected chi connectivity index (χ3v) is 4.30. The topological polar surface area (TPSA) is 88.0 Å². The SMILES string of the molecule is Cc1nn(CC(C)C)c(Cl)c1/C=N\NC(=O)c1cc(-c2ccccc2)n[nH]1. The fourth-order valence-electron chi connectivity index (χ4n) is 2.59. The third kappa shape index (κ3) is 4.43. The maximum Gasteiger partial charge on any atom is 0.289 e. The van der Waals surface area contributed by atoms with Crippen LogP contribution in [0.15, 0.2) is 41.5 Å². The number of halogens is 1. The van der Waals surface area contributed by atoms with Gasteiger partial charge in [-0.3, -0.25) is 14.6 Å². The monoisotopic (exact) mass is 384 g/mol. The zero-order valence-corrected chi connectivity index (χ0v) is 16.2. The van der Waals surface area contributed by atoms with Gasteiger partial charge >= 0.3 is 0 Å². The predicted octanol–water partition coefficient (Wildman–Crippen LogP) is 3.65. The molecule has 1 amide bonds. The molecule has 0 spiro atoms. The van der Waals surface area contributed by atoms with Crippen LogP contribution in [-0.2, 0) is 6.54 Å². The Bertz CT molecular complexity index is 958. The number of aromatic nitrogens is 4. The number of hydrogen-bond acceptors (Lipinski definition) is 4. The summed E-state index contributed by atoms with van der Waals surface area (Å²) >= 11 is 6.36. The summed E-state index contributed by atoms with van der Waals surface area (Å²) in [5.74, 6) is 0.0368. The standard InChI is InChI=1S/C19H21ClN6O/c1-12(2)11-26-18(20)15(13(3)25-26)10-21-24-19(27)17-9-16(22-23-17)14-7-5-4-6-8-14/h4-10,12H,11H2,1-3H3,(H,22,23)(H,24,27)/b21-10-. The van der Waals surface area contributed by atoms with Gasteiger partial charge in [-0.1, -0.05) is 55.8 Å². The minimum Gasteiger partial charge on any atom is -0.272 e. The van der Waals surface area contributed by atoms with Gasteiger partial charge in [0, 0.05) is 12.1 Å². The van der Waals surface area contributed by atoms with Crippen molar-refractivity contribution in [2.24, 2.45) is 11.0 Å². The lowest BCUT2D eigenvalue weighted by atomic mass is 10.1. The van der Waals surface area contributed by atoms with Crippen molar-refractivity contribution in [2.75, 3.05) is 0 Å². The van der Waals surface area contributed by atoms with E-state index in [1.807, 2.05) is 37.3 Å². The molecule has 0 bridgehead atoms. The van der Waals surface area contributed by atoms with E-state index in [1.165, 1.54) is 6.21 Å². The summed E-state index contributed by atoms with van der Waals surface area (Å²) in [4.78, 5) is 12.3. The first-order valence-corrected chi connectivity index (χ1v) is 9.00. The second-order valence-electron chi connectivity index (χ2n) is 6.60. The summed E-state index contributed by atoms with van der Waals surface area (Å²) < 4.78 is 1.74. The van der Waals surface area contributed by atoms with Gasteiger partial charge < -0.3 is 0 Å². The molecule has 2 aromatic heterocycles. The Labute approximate surface area is 162 Å². The van der Waals surface area contributed by atoms with Gasteiger partial charge in [-0.05, 0) is 18.9 Å². The molecule has 0 fully saturated rings. The second-order valence-corrected chi connectivity index (χ2v) is 6.96. The molecule has 0 aliphatic carbocycles. The number of benzene rings is 1. The Hall–Kier alpha value is -2.93. The first-order valence-electron chi connectivity index (χ1n) is 8.63. The van der Waals surface area contributed by atoms with E-state index in [2.05, 4.69) is 39.7 Å². The van der Waals surface area contributed by atoms with E-state index in [9.17, 15) is 4.79 Å². The van der Waals surface area contributed by atoms with Crippen LogP contribution in [0.3, 0.4) is 0 Å². The van der Waals surface area contributed by atoms with Crippen LogP contribution in [0.5, 0.6) is 0 Å². The first kappa shape index (κ1) is 18.8. The lowest BCUT2D eigenvalue weighted by Gasteiger charge is -2.05. The molecule has 2 heterocycles. The molecule has 140 valence electrons. The molecule has 3 aromatic rings. The van der Waals surface area contributed by atoms with Gasteiger partial charge in [0.2, 0.25) is 0 Å². The number of amides is 1. The molecule has 0 unspecified atom stereocenters. The summed E-state index contributed by atoms with van der Waals surface area (Å²) in [6, 6.07) is 11.3. The fourth-order valence-corrected chi connectivity index (χ4v) is 2.88. The van der Waals surface area contributed by atoms with E-state index in [0.717, 1.165) is 17.8 Å². The normalized spacial score (nSPS) is 11.4. The number of nitrogens with zero attached hydrogens (tertiary/aromatic N) is 4. The van der Waals surface area contributed by atoms with E-state index in [4.69, 9.17) is 11.6 Å². The minimum atomic E-state index is -0.385. The van der Waals surface area contributed by atoms with Gasteiger partial charge in [0.15, 0.2) is 0 Å². The molecular weight excluding hydrogens is 364 g/mol. The van der Waals surface area contributed by atoms with Crippen LogP contribution in [0.25, 0.3) is 11.3 Å². The number of aryl methyl sites for hydroxylation is 1. The number of carbonyl (C=O) groups excluding carboxylic acids is 1. The lowest BCUT2D eigenvalue weighted by Crippen LogP contribution is -2.18. The number of rotatable bonds is 6. The summed E-state index contributed by atoms with van der Waals surface area (Å²) in [6.45, 7) is 6.76. The Morgan fingerprint density at radius 3 is 2.81 bits per heavy atom. The van der Waals surface area contributed by atoms with Gasteiger partial charge in [0.1, 0.15) is 10.8 Å². The molecule has 0 saturated heterocycles. The average molecular weight is 385 g/mol. The van der Waals surface area contributed by atoms with E-state index in [0.29, 0.717) is 28.0 Å². The van der Waals surface area contributed by atoms with Gasteiger partial charge in [-0.2, -0.15) is 15.3 Å². The van der Waals surface area contributed by atoms with Gasteiger partial charge in [-0.15, -0.1) is 0 Å². The van der Waals surface area contributed by atoms with Crippen molar-refractivity contribution in [2.45, 2.75) is 27.3 Å². The Morgan fingerprint density at radius 2 is 2.11 bits per heavy atom. The maximum absolute atomic E-state index is 12.3. The predicted molar refractivity (Wildman–Crippen MR) is 106 cm³/mol. The average Bonchev–Trinajstić information content (AvgIpc) is 3.23. The number of carbonyl (C=O) groups is 1. The van der Waals surface area contributed by atoms with Crippen LogP contribution >= 0.6 is 11.6 Å². The lowest BCUT2D eigenvalue weighted by molar-refractivity contribution is 0.0950. The highest BCUT2D eigenvalue weighted by Crippen LogP contribution is 2.19. The van der Waals surface area contributed by atoms with E-state index < -0.39 is 0 Å². The molecule has 3 rings (SSSR count). The maximum atomic E-state index is 12.3. The molecule has 0 atom stereocenters. The van der Waals surface area contributed by atoms with Gasteiger partial charge in [-0.25, -0.2) is 5.43 Å². The Morgan fingerprint density at radius 1 is 1.37 bits per heavy atom. The molecular formula is C19H21ClN6O. The zero-order valence-electron chi connectivity index (χ0n) is 15.4. The largest absolute Gasteiger partial charge is 0.289 e. The molecule has 2 N–H and O–H groups in total. The number of aromatic amines is 1. The van der Waals surface area contributed by atoms with Crippen molar-refractivity contribution in [3.8, 4) is 11.3 Å². The van der Waals surface area contributed by atoms with Crippen LogP contribution in [0.2, 0.25) is 5.15 Å². The smallest absolute Gasteiger partial charge is 0.272 e. The quantitative estimate of drug-likeness (QED) is 0.502. The molecule has 8 heteroatoms. The fraction of sp³-hybridized carbons (Fsp3) is 0.263. The van der Waals surface area contributed by atoms with Crippen LogP contribution in [0.4, 0.5) is 0 Å². The second kappa shape index (κ2) is 8.18. The number of H-pyrrole nitrogens is 1. The molecule has 27 heavy (non-hydrogen) atoms. The van der Waals surface area contributed by atoms with Crippen molar-refractivity contribution in [1.29, 1.82) is 0 Å². The molecule has 1 aromatic carbocycles. The summed E-state index contributed by atoms with van der Waals surface area (Å²) in [5.41, 5.74) is 5.87. The number of nitrogens with one attached hydrogen (secondary N) is 2. The Kier molecular flexibility index (Phi) is 5.71. The van der Waals surface area contributed by atoms with E-state index in [1.54, 1.807) is 10.7 Å². The first-order chi connectivity index (χ1) is 13.0. The minimum absolute atomic E-state index is 0.323. The molecule has 7 nitrogen and oxygen atoms in total. The van der Waals surface area contributed by atoms with Crippen LogP contribution in [-0.4, -0.2) is 32.1 Å². The number of hydrogen-bond donors (Lipinski definition) is 2. The van der Waals surface area contributed by atoms with Gasteiger partial charge in [0.25, 0.3) is 5.91 Å².